The van der Waals surface area contributed by atoms with Gasteiger partial charge in [-0.25, -0.2) is 9.71 Å². The van der Waals surface area contributed by atoms with Gasteiger partial charge in [-0.2, -0.15) is 13.5 Å². The summed E-state index contributed by atoms with van der Waals surface area (Å²) in [5.41, 5.74) is 5.62. The highest BCUT2D eigenvalue weighted by atomic mass is 32.2. The maximum absolute atomic E-state index is 13.1. The van der Waals surface area contributed by atoms with Crippen LogP contribution in [0.5, 0.6) is 5.88 Å². The highest BCUT2D eigenvalue weighted by Gasteiger charge is 2.26. The molecule has 4 rings (SSSR count). The number of amides is 1. The molecule has 0 spiro atoms. The summed E-state index contributed by atoms with van der Waals surface area (Å²) in [6.45, 7) is 4.31. The average molecular weight is 498 g/mol. The second-order valence-electron chi connectivity index (χ2n) is 8.92. The van der Waals surface area contributed by atoms with Crippen molar-refractivity contribution in [3.8, 4) is 17.0 Å². The number of nitrogens with zero attached hydrogens (tertiary/aromatic N) is 3. The first-order valence-corrected chi connectivity index (χ1v) is 13.1. The smallest absolute Gasteiger partial charge is 0.283 e. The van der Waals surface area contributed by atoms with Gasteiger partial charge in [0, 0.05) is 30.9 Å². The lowest BCUT2D eigenvalue weighted by atomic mass is 9.91. The Kier molecular flexibility index (Phi) is 7.23. The minimum atomic E-state index is -4.12. The maximum Gasteiger partial charge on any atom is 0.283 e. The molecule has 1 aliphatic rings. The molecule has 1 aromatic carbocycles. The van der Waals surface area contributed by atoms with Crippen LogP contribution in [0.4, 0.5) is 0 Å². The zero-order valence-electron chi connectivity index (χ0n) is 20.5. The topological polar surface area (TPSA) is 115 Å². The third kappa shape index (κ3) is 5.23. The van der Waals surface area contributed by atoms with Crippen molar-refractivity contribution in [2.75, 3.05) is 14.2 Å². The summed E-state index contributed by atoms with van der Waals surface area (Å²) in [6.07, 6.45) is 4.41. The van der Waals surface area contributed by atoms with Gasteiger partial charge >= 0.3 is 0 Å². The number of methoxy groups -OCH3 is 1. The number of aromatic nitrogens is 3. The van der Waals surface area contributed by atoms with Crippen molar-refractivity contribution in [1.82, 2.24) is 24.8 Å². The van der Waals surface area contributed by atoms with E-state index in [1.165, 1.54) is 11.6 Å². The van der Waals surface area contributed by atoms with E-state index in [4.69, 9.17) is 4.74 Å². The van der Waals surface area contributed by atoms with Gasteiger partial charge < -0.3 is 10.1 Å². The van der Waals surface area contributed by atoms with Crippen molar-refractivity contribution in [2.24, 2.45) is 0 Å². The second kappa shape index (κ2) is 10.2. The summed E-state index contributed by atoms with van der Waals surface area (Å²) in [4.78, 5) is 17.3. The minimum absolute atomic E-state index is 0.0233. The van der Waals surface area contributed by atoms with Crippen LogP contribution in [0.25, 0.3) is 11.1 Å². The standard InChI is InChI=1S/C25H31N5O4S/c1-16(2)30-19(15-26-3)13-25(28-30)35(32,33)29-23(31)14-22-20-7-5-6-17(20)8-9-21(22)18-10-11-27-24(12-18)34-4/h8-13,16,26H,5-7,14-15H2,1-4H3,(H,29,31). The van der Waals surface area contributed by atoms with Crippen molar-refractivity contribution in [3.05, 3.63) is 58.9 Å². The molecule has 0 saturated heterocycles. The Morgan fingerprint density at radius 1 is 1.20 bits per heavy atom. The molecular formula is C25H31N5O4S. The number of benzene rings is 1. The Hall–Kier alpha value is -3.24. The van der Waals surface area contributed by atoms with Crippen LogP contribution in [-0.2, 0) is 40.6 Å². The monoisotopic (exact) mass is 497 g/mol. The van der Waals surface area contributed by atoms with Crippen molar-refractivity contribution in [1.29, 1.82) is 0 Å². The van der Waals surface area contributed by atoms with Gasteiger partial charge in [0.2, 0.25) is 11.8 Å². The Bertz CT molecular complexity index is 1350. The van der Waals surface area contributed by atoms with Crippen LogP contribution in [0.2, 0.25) is 0 Å². The van der Waals surface area contributed by atoms with Crippen LogP contribution in [0.1, 0.15) is 48.7 Å². The van der Waals surface area contributed by atoms with Gasteiger partial charge in [0.05, 0.1) is 19.2 Å². The zero-order valence-corrected chi connectivity index (χ0v) is 21.3. The molecule has 0 bridgehead atoms. The number of fused-ring (bicyclic) bond motifs is 1. The van der Waals surface area contributed by atoms with E-state index >= 15 is 0 Å². The first-order valence-electron chi connectivity index (χ1n) is 11.7. The van der Waals surface area contributed by atoms with Gasteiger partial charge in [-0.05, 0) is 74.0 Å². The molecular weight excluding hydrogens is 466 g/mol. The molecule has 3 aromatic rings. The Balaban J connectivity index is 1.64. The number of carbonyl (C=O) groups excluding carboxylic acids is 1. The Morgan fingerprint density at radius 3 is 2.71 bits per heavy atom. The van der Waals surface area contributed by atoms with Crippen molar-refractivity contribution >= 4 is 15.9 Å². The molecule has 186 valence electrons. The van der Waals surface area contributed by atoms with E-state index < -0.39 is 15.9 Å². The average Bonchev–Trinajstić information content (AvgIpc) is 3.47. The molecule has 0 aliphatic heterocycles. The van der Waals surface area contributed by atoms with Crippen LogP contribution < -0.4 is 14.8 Å². The number of aryl methyl sites for hydroxylation is 1. The third-order valence-corrected chi connectivity index (χ3v) is 7.40. The fourth-order valence-corrected chi connectivity index (χ4v) is 5.57. The number of hydrogen-bond donors (Lipinski definition) is 2. The number of hydrogen-bond acceptors (Lipinski definition) is 7. The van der Waals surface area contributed by atoms with Gasteiger partial charge in [-0.1, -0.05) is 12.1 Å². The summed E-state index contributed by atoms with van der Waals surface area (Å²) >= 11 is 0. The summed E-state index contributed by atoms with van der Waals surface area (Å²) in [5, 5.41) is 7.11. The van der Waals surface area contributed by atoms with Gasteiger partial charge in [0.15, 0.2) is 5.03 Å². The Labute approximate surface area is 206 Å². The van der Waals surface area contributed by atoms with Crippen molar-refractivity contribution in [3.63, 3.8) is 0 Å². The van der Waals surface area contributed by atoms with Gasteiger partial charge in [-0.15, -0.1) is 0 Å². The van der Waals surface area contributed by atoms with Crippen LogP contribution in [0.3, 0.4) is 0 Å². The highest BCUT2D eigenvalue weighted by Crippen LogP contribution is 2.34. The van der Waals surface area contributed by atoms with E-state index in [9.17, 15) is 13.2 Å². The van der Waals surface area contributed by atoms with E-state index in [1.807, 2.05) is 32.0 Å². The predicted molar refractivity (Wildman–Crippen MR) is 133 cm³/mol. The molecule has 0 unspecified atom stereocenters. The fourth-order valence-electron chi connectivity index (χ4n) is 4.60. The first kappa shape index (κ1) is 24.9. The third-order valence-electron chi connectivity index (χ3n) is 6.15. The van der Waals surface area contributed by atoms with E-state index in [-0.39, 0.29) is 17.5 Å². The molecule has 10 heteroatoms. The van der Waals surface area contributed by atoms with Crippen molar-refractivity contribution < 1.29 is 17.9 Å². The largest absolute Gasteiger partial charge is 0.481 e. The van der Waals surface area contributed by atoms with Gasteiger partial charge in [0.25, 0.3) is 10.0 Å². The van der Waals surface area contributed by atoms with Crippen LogP contribution >= 0.6 is 0 Å². The van der Waals surface area contributed by atoms with Gasteiger partial charge in [-0.3, -0.25) is 9.48 Å². The predicted octanol–water partition coefficient (Wildman–Crippen LogP) is 2.79. The second-order valence-corrected chi connectivity index (χ2v) is 10.5. The van der Waals surface area contributed by atoms with Crippen LogP contribution in [0.15, 0.2) is 41.6 Å². The number of nitrogens with one attached hydrogen (secondary N) is 2. The first-order chi connectivity index (χ1) is 16.7. The summed E-state index contributed by atoms with van der Waals surface area (Å²) in [6, 6.07) is 9.23. The summed E-state index contributed by atoms with van der Waals surface area (Å²) in [5.74, 6) is -0.124. The van der Waals surface area contributed by atoms with E-state index in [0.29, 0.717) is 12.4 Å². The molecule has 0 saturated carbocycles. The lowest BCUT2D eigenvalue weighted by Crippen LogP contribution is -2.32. The van der Waals surface area contributed by atoms with Crippen LogP contribution in [-0.4, -0.2) is 43.2 Å². The molecule has 9 nitrogen and oxygen atoms in total. The van der Waals surface area contributed by atoms with E-state index in [0.717, 1.165) is 47.2 Å². The molecule has 35 heavy (non-hydrogen) atoms. The molecule has 0 radical (unpaired) electrons. The number of ether oxygens (including phenoxy) is 1. The molecule has 1 amide bonds. The molecule has 0 atom stereocenters. The summed E-state index contributed by atoms with van der Waals surface area (Å²) in [7, 11) is -0.793. The van der Waals surface area contributed by atoms with Crippen LogP contribution in [0, 0.1) is 0 Å². The van der Waals surface area contributed by atoms with Crippen molar-refractivity contribution in [2.45, 2.75) is 57.1 Å². The number of carbonyl (C=O) groups is 1. The van der Waals surface area contributed by atoms with Gasteiger partial charge in [0.1, 0.15) is 0 Å². The summed E-state index contributed by atoms with van der Waals surface area (Å²) < 4.78 is 35.2. The van der Waals surface area contributed by atoms with E-state index in [1.54, 1.807) is 25.0 Å². The molecule has 0 fully saturated rings. The minimum Gasteiger partial charge on any atom is -0.481 e. The molecule has 2 heterocycles. The lowest BCUT2D eigenvalue weighted by Gasteiger charge is -2.15. The Morgan fingerprint density at radius 2 is 2.00 bits per heavy atom. The normalized spacial score (nSPS) is 13.2. The molecule has 2 aromatic heterocycles. The molecule has 1 aliphatic carbocycles. The quantitative estimate of drug-likeness (QED) is 0.467. The number of sulfonamides is 1. The fraction of sp³-hybridized carbons (Fsp3) is 0.400. The highest BCUT2D eigenvalue weighted by molar-refractivity contribution is 7.90. The SMILES string of the molecule is CNCc1cc(S(=O)(=O)NC(=O)Cc2c(-c3ccnc(OC)c3)ccc3c2CCC3)nn1C(C)C. The zero-order chi connectivity index (χ0) is 25.2. The number of pyridine rings is 1. The van der Waals surface area contributed by atoms with E-state index in [2.05, 4.69) is 26.2 Å². The molecule has 2 N–H and O–H groups in total. The number of rotatable bonds is 9. The lowest BCUT2D eigenvalue weighted by molar-refractivity contribution is -0.118. The maximum atomic E-state index is 13.1.